The van der Waals surface area contributed by atoms with Gasteiger partial charge in [0, 0.05) is 22.4 Å². The Hall–Kier alpha value is -4.08. The topological polar surface area (TPSA) is 75.0 Å². The Balaban J connectivity index is 1.73. The molecule has 0 spiro atoms. The van der Waals surface area contributed by atoms with Crippen LogP contribution in [-0.4, -0.2) is 23.8 Å². The van der Waals surface area contributed by atoms with Crippen molar-refractivity contribution in [2.24, 2.45) is 0 Å². The Morgan fingerprint density at radius 1 is 1.03 bits per heavy atom. The molecule has 0 aliphatic rings. The van der Waals surface area contributed by atoms with Gasteiger partial charge in [-0.25, -0.2) is 4.98 Å². The maximum absolute atomic E-state index is 13.0. The molecule has 5 nitrogen and oxygen atoms in total. The number of amides is 1. The number of aryl methyl sites for hydroxylation is 3. The van der Waals surface area contributed by atoms with Crippen molar-refractivity contribution < 1.29 is 9.53 Å². The second-order valence-electron chi connectivity index (χ2n) is 8.71. The molecule has 1 N–H and O–H groups in total. The number of ether oxygens (including phenoxy) is 1. The highest BCUT2D eigenvalue weighted by Gasteiger charge is 2.19. The lowest BCUT2D eigenvalue weighted by atomic mass is 9.98. The quantitative estimate of drug-likeness (QED) is 0.255. The number of carbonyl (C=O) groups excluding carboxylic acids is 1. The molecule has 0 aliphatic heterocycles. The molecule has 0 saturated carbocycles. The first-order valence-corrected chi connectivity index (χ1v) is 13.1. The van der Waals surface area contributed by atoms with Crippen LogP contribution in [0.2, 0.25) is 0 Å². The summed E-state index contributed by atoms with van der Waals surface area (Å²) in [5, 5.41) is 13.8. The third kappa shape index (κ3) is 5.84. The van der Waals surface area contributed by atoms with E-state index in [2.05, 4.69) is 18.3 Å². The molecule has 3 aromatic carbocycles. The van der Waals surface area contributed by atoms with Crippen LogP contribution in [0.15, 0.2) is 77.8 Å². The van der Waals surface area contributed by atoms with Crippen molar-refractivity contribution in [1.82, 2.24) is 4.98 Å². The molecule has 4 rings (SSSR count). The van der Waals surface area contributed by atoms with Gasteiger partial charge in [-0.3, -0.25) is 4.79 Å². The first-order chi connectivity index (χ1) is 17.9. The fourth-order valence-corrected chi connectivity index (χ4v) is 5.00. The summed E-state index contributed by atoms with van der Waals surface area (Å²) in [5.74, 6) is 0.654. The highest BCUT2D eigenvalue weighted by Crippen LogP contribution is 2.38. The van der Waals surface area contributed by atoms with E-state index in [4.69, 9.17) is 9.72 Å². The van der Waals surface area contributed by atoms with Gasteiger partial charge in [0.2, 0.25) is 5.91 Å². The number of nitriles is 1. The zero-order valence-corrected chi connectivity index (χ0v) is 22.3. The minimum absolute atomic E-state index is 0.127. The summed E-state index contributed by atoms with van der Waals surface area (Å²) in [5.41, 5.74) is 7.73. The summed E-state index contributed by atoms with van der Waals surface area (Å²) in [6.07, 6.45) is 0.825. The lowest BCUT2D eigenvalue weighted by Gasteiger charge is -2.15. The molecular formula is C31H29N3O2S. The van der Waals surface area contributed by atoms with Crippen molar-refractivity contribution in [2.45, 2.75) is 32.2 Å². The van der Waals surface area contributed by atoms with Gasteiger partial charge in [-0.1, -0.05) is 84.9 Å². The predicted octanol–water partition coefficient (Wildman–Crippen LogP) is 7.21. The smallest absolute Gasteiger partial charge is 0.234 e. The van der Waals surface area contributed by atoms with E-state index < -0.39 is 0 Å². The van der Waals surface area contributed by atoms with Crippen LogP contribution in [0.4, 0.5) is 5.69 Å². The van der Waals surface area contributed by atoms with Crippen molar-refractivity contribution in [3.8, 4) is 34.2 Å². The number of pyridine rings is 1. The number of para-hydroxylation sites is 2. The van der Waals surface area contributed by atoms with Gasteiger partial charge in [0.25, 0.3) is 0 Å². The molecule has 1 aromatic heterocycles. The molecule has 0 unspecified atom stereocenters. The summed E-state index contributed by atoms with van der Waals surface area (Å²) in [6.45, 7) is 6.09. The normalized spacial score (nSPS) is 10.6. The van der Waals surface area contributed by atoms with Gasteiger partial charge >= 0.3 is 0 Å². The third-order valence-electron chi connectivity index (χ3n) is 6.19. The summed E-state index contributed by atoms with van der Waals surface area (Å²) in [6, 6.07) is 26.0. The van der Waals surface area contributed by atoms with Gasteiger partial charge in [0.05, 0.1) is 24.1 Å². The fourth-order valence-electron chi connectivity index (χ4n) is 4.20. The molecule has 0 fully saturated rings. The number of hydrogen-bond donors (Lipinski definition) is 1. The first-order valence-electron chi connectivity index (χ1n) is 12.1. The Labute approximate surface area is 222 Å². The van der Waals surface area contributed by atoms with Crippen LogP contribution in [0.25, 0.3) is 22.4 Å². The number of methoxy groups -OCH3 is 1. The number of hydrogen-bond acceptors (Lipinski definition) is 5. The Bertz CT molecular complexity index is 1470. The number of aromatic nitrogens is 1. The van der Waals surface area contributed by atoms with E-state index in [0.717, 1.165) is 51.2 Å². The fraction of sp³-hybridized carbons (Fsp3) is 0.194. The van der Waals surface area contributed by atoms with Crippen LogP contribution in [0.3, 0.4) is 0 Å². The van der Waals surface area contributed by atoms with E-state index in [-0.39, 0.29) is 11.7 Å². The van der Waals surface area contributed by atoms with Crippen molar-refractivity contribution in [3.05, 3.63) is 95.1 Å². The van der Waals surface area contributed by atoms with Crippen molar-refractivity contribution in [2.75, 3.05) is 18.2 Å². The minimum atomic E-state index is -0.140. The van der Waals surface area contributed by atoms with Crippen LogP contribution in [0.5, 0.6) is 5.75 Å². The van der Waals surface area contributed by atoms with E-state index in [0.29, 0.717) is 16.3 Å². The van der Waals surface area contributed by atoms with Gasteiger partial charge < -0.3 is 10.1 Å². The lowest BCUT2D eigenvalue weighted by molar-refractivity contribution is -0.113. The second kappa shape index (κ2) is 11.8. The monoisotopic (exact) mass is 507 g/mol. The molecule has 1 heterocycles. The Kier molecular flexibility index (Phi) is 8.27. The molecule has 186 valence electrons. The predicted molar refractivity (Wildman–Crippen MR) is 151 cm³/mol. The number of thioether (sulfide) groups is 1. The number of nitrogens with one attached hydrogen (secondary N) is 1. The lowest BCUT2D eigenvalue weighted by Crippen LogP contribution is -2.16. The molecular weight excluding hydrogens is 478 g/mol. The summed E-state index contributed by atoms with van der Waals surface area (Å²) >= 11 is 1.27. The molecule has 0 radical (unpaired) electrons. The highest BCUT2D eigenvalue weighted by molar-refractivity contribution is 8.00. The standard InChI is InChI=1S/C31H29N3O2S/c1-5-22-10-8-9-21(3)30(22)34-29(35)19-37-31-26(18-32)25(24-11-6-7-12-28(24)36-4)17-27(33-31)23-15-13-20(2)14-16-23/h6-17H,5,19H2,1-4H3,(H,34,35). The van der Waals surface area contributed by atoms with Crippen molar-refractivity contribution in [3.63, 3.8) is 0 Å². The van der Waals surface area contributed by atoms with E-state index >= 15 is 0 Å². The molecule has 37 heavy (non-hydrogen) atoms. The highest BCUT2D eigenvalue weighted by atomic mass is 32.2. The maximum atomic E-state index is 13.0. The van der Waals surface area contributed by atoms with Crippen LogP contribution in [0, 0.1) is 25.2 Å². The number of nitrogens with zero attached hydrogens (tertiary/aromatic N) is 2. The van der Waals surface area contributed by atoms with Crippen LogP contribution >= 0.6 is 11.8 Å². The number of carbonyl (C=O) groups is 1. The summed E-state index contributed by atoms with van der Waals surface area (Å²) in [7, 11) is 1.61. The summed E-state index contributed by atoms with van der Waals surface area (Å²) < 4.78 is 5.60. The molecule has 0 saturated heterocycles. The maximum Gasteiger partial charge on any atom is 0.234 e. The largest absolute Gasteiger partial charge is 0.496 e. The molecule has 1 amide bonds. The molecule has 4 aromatic rings. The zero-order chi connectivity index (χ0) is 26.4. The molecule has 0 aliphatic carbocycles. The SMILES string of the molecule is CCc1cccc(C)c1NC(=O)CSc1nc(-c2ccc(C)cc2)cc(-c2ccccc2OC)c1C#N. The summed E-state index contributed by atoms with van der Waals surface area (Å²) in [4.78, 5) is 17.8. The number of rotatable bonds is 8. The first kappa shape index (κ1) is 26.0. The number of anilines is 1. The Morgan fingerprint density at radius 2 is 1.78 bits per heavy atom. The number of benzene rings is 3. The van der Waals surface area contributed by atoms with E-state index in [1.54, 1.807) is 7.11 Å². The van der Waals surface area contributed by atoms with Crippen LogP contribution in [0.1, 0.15) is 29.2 Å². The van der Waals surface area contributed by atoms with Gasteiger partial charge in [0.15, 0.2) is 0 Å². The van der Waals surface area contributed by atoms with E-state index in [1.807, 2.05) is 86.6 Å². The van der Waals surface area contributed by atoms with Gasteiger partial charge in [-0.2, -0.15) is 5.26 Å². The van der Waals surface area contributed by atoms with Crippen LogP contribution in [-0.2, 0) is 11.2 Å². The molecule has 0 bridgehead atoms. The second-order valence-corrected chi connectivity index (χ2v) is 9.68. The third-order valence-corrected chi connectivity index (χ3v) is 7.16. The van der Waals surface area contributed by atoms with Crippen LogP contribution < -0.4 is 10.1 Å². The minimum Gasteiger partial charge on any atom is -0.496 e. The Morgan fingerprint density at radius 3 is 2.49 bits per heavy atom. The van der Waals surface area contributed by atoms with Gasteiger partial charge in [-0.15, -0.1) is 0 Å². The molecule has 6 heteroatoms. The van der Waals surface area contributed by atoms with Crippen molar-refractivity contribution >= 4 is 23.4 Å². The van der Waals surface area contributed by atoms with E-state index in [9.17, 15) is 10.1 Å². The van der Waals surface area contributed by atoms with E-state index in [1.165, 1.54) is 11.8 Å². The molecule has 0 atom stereocenters. The average molecular weight is 508 g/mol. The van der Waals surface area contributed by atoms with Crippen molar-refractivity contribution in [1.29, 1.82) is 5.26 Å². The zero-order valence-electron chi connectivity index (χ0n) is 21.5. The van der Waals surface area contributed by atoms with Gasteiger partial charge in [0.1, 0.15) is 16.8 Å². The average Bonchev–Trinajstić information content (AvgIpc) is 2.92. The van der Waals surface area contributed by atoms with Gasteiger partial charge in [-0.05, 0) is 43.5 Å².